The number of aliphatic hydroxyl groups is 2. The van der Waals surface area contributed by atoms with Gasteiger partial charge in [-0.1, -0.05) is 15.9 Å². The highest BCUT2D eigenvalue weighted by Crippen LogP contribution is 2.00. The topological polar surface area (TPSA) is 40.5 Å². The van der Waals surface area contributed by atoms with Crippen LogP contribution < -0.4 is 0 Å². The van der Waals surface area contributed by atoms with Crippen molar-refractivity contribution in [2.75, 3.05) is 13.2 Å². The van der Waals surface area contributed by atoms with Crippen LogP contribution in [0.15, 0.2) is 0 Å². The van der Waals surface area contributed by atoms with Gasteiger partial charge in [-0.15, -0.1) is 0 Å². The Balaban J connectivity index is 2.83. The molecule has 0 aliphatic heterocycles. The molecular weight excluding hydrogens is 160 g/mol. The van der Waals surface area contributed by atoms with Crippen LogP contribution in [-0.2, 0) is 0 Å². The van der Waals surface area contributed by atoms with Crippen molar-refractivity contribution in [1.82, 2.24) is 0 Å². The molecule has 0 saturated heterocycles. The molecule has 0 radical (unpaired) electrons. The van der Waals surface area contributed by atoms with Crippen molar-refractivity contribution in [3.05, 3.63) is 0 Å². The van der Waals surface area contributed by atoms with Gasteiger partial charge in [0.1, 0.15) is 0 Å². The Bertz CT molecular complexity index is 40.7. The molecule has 0 aliphatic rings. The predicted molar refractivity (Wildman–Crippen MR) is 31.5 cm³/mol. The second-order valence-corrected chi connectivity index (χ2v) is 2.59. The Kier molecular flexibility index (Phi) is 4.82. The van der Waals surface area contributed by atoms with Crippen molar-refractivity contribution in [2.24, 2.45) is 0 Å². The molecule has 0 aromatic carbocycles. The molecular formula is C4H9BrO2. The molecule has 0 rings (SSSR count). The quantitative estimate of drug-likeness (QED) is 0.589. The third kappa shape index (κ3) is 4.25. The molecule has 0 aromatic rings. The van der Waals surface area contributed by atoms with Crippen LogP contribution in [0, 0.1) is 0 Å². The van der Waals surface area contributed by atoms with E-state index in [-0.39, 0.29) is 18.0 Å². The van der Waals surface area contributed by atoms with E-state index in [9.17, 15) is 0 Å². The molecule has 0 amide bonds. The molecule has 0 heterocycles. The minimum Gasteiger partial charge on any atom is -0.396 e. The Hall–Kier alpha value is 0.400. The van der Waals surface area contributed by atoms with Gasteiger partial charge in [-0.3, -0.25) is 0 Å². The maximum atomic E-state index is 8.31. The molecule has 0 aliphatic carbocycles. The third-order valence-electron chi connectivity index (χ3n) is 0.640. The van der Waals surface area contributed by atoms with E-state index in [1.807, 2.05) is 0 Å². The lowest BCUT2D eigenvalue weighted by atomic mass is 10.3. The molecule has 2 N–H and O–H groups in total. The fourth-order valence-electron chi connectivity index (χ4n) is 0.231. The summed E-state index contributed by atoms with van der Waals surface area (Å²) in [5.74, 6) is 0. The average Bonchev–Trinajstić information content (AvgIpc) is 1.68. The number of aliphatic hydroxyl groups excluding tert-OH is 2. The first-order chi connectivity index (χ1) is 3.31. The van der Waals surface area contributed by atoms with Gasteiger partial charge in [0.2, 0.25) is 0 Å². The van der Waals surface area contributed by atoms with Crippen molar-refractivity contribution in [3.63, 3.8) is 0 Å². The fourth-order valence-corrected chi connectivity index (χ4v) is 0.436. The van der Waals surface area contributed by atoms with Gasteiger partial charge in [-0.25, -0.2) is 0 Å². The molecule has 0 saturated carbocycles. The summed E-state index contributed by atoms with van der Waals surface area (Å²) in [5, 5.41) is 16.5. The number of halogens is 1. The minimum atomic E-state index is 0.0671. The minimum absolute atomic E-state index is 0.0671. The van der Waals surface area contributed by atoms with E-state index in [0.29, 0.717) is 6.42 Å². The zero-order chi connectivity index (χ0) is 5.70. The maximum absolute atomic E-state index is 8.31. The van der Waals surface area contributed by atoms with Gasteiger partial charge >= 0.3 is 0 Å². The first-order valence-corrected chi connectivity index (χ1v) is 3.08. The van der Waals surface area contributed by atoms with E-state index in [1.54, 1.807) is 0 Å². The van der Waals surface area contributed by atoms with Crippen molar-refractivity contribution in [3.8, 4) is 0 Å². The van der Waals surface area contributed by atoms with Crippen LogP contribution >= 0.6 is 15.9 Å². The summed E-state index contributed by atoms with van der Waals surface area (Å²) in [6.45, 7) is 0.233. The van der Waals surface area contributed by atoms with Gasteiger partial charge in [-0.05, 0) is 6.42 Å². The van der Waals surface area contributed by atoms with Crippen molar-refractivity contribution in [2.45, 2.75) is 11.2 Å². The summed E-state index contributed by atoms with van der Waals surface area (Å²) in [6.07, 6.45) is 0.622. The summed E-state index contributed by atoms with van der Waals surface area (Å²) in [4.78, 5) is 0.0671. The van der Waals surface area contributed by atoms with Gasteiger partial charge in [0.25, 0.3) is 0 Å². The Morgan fingerprint density at radius 2 is 2.00 bits per heavy atom. The highest BCUT2D eigenvalue weighted by Gasteiger charge is 1.97. The predicted octanol–water partition coefficient (Wildman–Crippen LogP) is 0.125. The molecule has 0 spiro atoms. The molecule has 7 heavy (non-hydrogen) atoms. The third-order valence-corrected chi connectivity index (χ3v) is 1.39. The zero-order valence-corrected chi connectivity index (χ0v) is 5.56. The lowest BCUT2D eigenvalue weighted by Gasteiger charge is -1.99. The fraction of sp³-hybridized carbons (Fsp3) is 1.00. The van der Waals surface area contributed by atoms with E-state index in [2.05, 4.69) is 15.9 Å². The van der Waals surface area contributed by atoms with E-state index in [4.69, 9.17) is 10.2 Å². The summed E-state index contributed by atoms with van der Waals surface area (Å²) in [5.41, 5.74) is 0. The largest absolute Gasteiger partial charge is 0.396 e. The summed E-state index contributed by atoms with van der Waals surface area (Å²) < 4.78 is 0. The molecule has 0 unspecified atom stereocenters. The molecule has 2 nitrogen and oxygen atoms in total. The van der Waals surface area contributed by atoms with Gasteiger partial charge < -0.3 is 10.2 Å². The van der Waals surface area contributed by atoms with E-state index in [1.165, 1.54) is 0 Å². The van der Waals surface area contributed by atoms with Crippen LogP contribution in [0.25, 0.3) is 0 Å². The molecule has 1 atom stereocenters. The van der Waals surface area contributed by atoms with Gasteiger partial charge in [-0.2, -0.15) is 0 Å². The summed E-state index contributed by atoms with van der Waals surface area (Å²) in [6, 6.07) is 0. The van der Waals surface area contributed by atoms with Crippen molar-refractivity contribution < 1.29 is 10.2 Å². The SMILES string of the molecule is OCC[C@H](Br)CO. The number of rotatable bonds is 3. The monoisotopic (exact) mass is 168 g/mol. The number of hydrogen-bond donors (Lipinski definition) is 2. The summed E-state index contributed by atoms with van der Waals surface area (Å²) >= 11 is 3.13. The molecule has 3 heteroatoms. The Morgan fingerprint density at radius 1 is 1.43 bits per heavy atom. The summed E-state index contributed by atoms with van der Waals surface area (Å²) in [7, 11) is 0. The van der Waals surface area contributed by atoms with Crippen molar-refractivity contribution in [1.29, 1.82) is 0 Å². The Morgan fingerprint density at radius 3 is 2.14 bits per heavy atom. The number of alkyl halides is 1. The number of hydrogen-bond acceptors (Lipinski definition) is 2. The van der Waals surface area contributed by atoms with E-state index in [0.717, 1.165) is 0 Å². The van der Waals surface area contributed by atoms with E-state index < -0.39 is 0 Å². The first-order valence-electron chi connectivity index (χ1n) is 2.17. The van der Waals surface area contributed by atoms with Crippen LogP contribution in [0.1, 0.15) is 6.42 Å². The lowest BCUT2D eigenvalue weighted by molar-refractivity contribution is 0.249. The smallest absolute Gasteiger partial charge is 0.0557 e. The van der Waals surface area contributed by atoms with Gasteiger partial charge in [0, 0.05) is 11.4 Å². The standard InChI is InChI=1S/C4H9BrO2/c5-4(3-7)1-2-6/h4,6-7H,1-3H2/t4-/m0/s1. The van der Waals surface area contributed by atoms with E-state index >= 15 is 0 Å². The van der Waals surface area contributed by atoms with Crippen molar-refractivity contribution >= 4 is 15.9 Å². The highest BCUT2D eigenvalue weighted by molar-refractivity contribution is 9.09. The molecule has 0 bridgehead atoms. The second-order valence-electron chi connectivity index (χ2n) is 1.29. The maximum Gasteiger partial charge on any atom is 0.0557 e. The highest BCUT2D eigenvalue weighted by atomic mass is 79.9. The van der Waals surface area contributed by atoms with Gasteiger partial charge in [0.15, 0.2) is 0 Å². The van der Waals surface area contributed by atoms with Crippen LogP contribution in [0.3, 0.4) is 0 Å². The normalized spacial score (nSPS) is 14.1. The Labute approximate surface area is 51.3 Å². The van der Waals surface area contributed by atoms with Crippen LogP contribution in [0.4, 0.5) is 0 Å². The van der Waals surface area contributed by atoms with Crippen LogP contribution in [0.2, 0.25) is 0 Å². The van der Waals surface area contributed by atoms with Crippen LogP contribution in [0.5, 0.6) is 0 Å². The second kappa shape index (κ2) is 4.56. The lowest BCUT2D eigenvalue weighted by Crippen LogP contribution is -2.05. The molecule has 44 valence electrons. The van der Waals surface area contributed by atoms with Crippen LogP contribution in [-0.4, -0.2) is 28.3 Å². The zero-order valence-electron chi connectivity index (χ0n) is 3.97. The first kappa shape index (κ1) is 7.40. The average molecular weight is 169 g/mol. The van der Waals surface area contributed by atoms with Gasteiger partial charge in [0.05, 0.1) is 6.61 Å². The molecule has 0 fully saturated rings. The molecule has 0 aromatic heterocycles.